The van der Waals surface area contributed by atoms with E-state index in [1.165, 1.54) is 22.0 Å². The van der Waals surface area contributed by atoms with Gasteiger partial charge in [-0.1, -0.05) is 30.3 Å². The predicted octanol–water partition coefficient (Wildman–Crippen LogP) is 3.28. The van der Waals surface area contributed by atoms with Gasteiger partial charge in [-0.2, -0.15) is 5.10 Å². The molecule has 25 heavy (non-hydrogen) atoms. The van der Waals surface area contributed by atoms with Crippen LogP contribution in [0.1, 0.15) is 17.2 Å². The molecule has 0 aromatic heterocycles. The van der Waals surface area contributed by atoms with Crippen LogP contribution >= 0.6 is 0 Å². The molecule has 0 saturated carbocycles. The minimum absolute atomic E-state index is 0.138. The minimum atomic E-state index is -0.348. The molecule has 0 radical (unpaired) electrons. The molecule has 0 aliphatic carbocycles. The van der Waals surface area contributed by atoms with E-state index < -0.39 is 0 Å². The second kappa shape index (κ2) is 5.88. The van der Waals surface area contributed by atoms with E-state index in [0.717, 1.165) is 5.56 Å². The molecular formula is C19H18FN3O2. The van der Waals surface area contributed by atoms with Gasteiger partial charge in [0.2, 0.25) is 0 Å². The Morgan fingerprint density at radius 2 is 2.00 bits per heavy atom. The molecule has 0 N–H and O–H groups in total. The summed E-state index contributed by atoms with van der Waals surface area (Å²) in [5, 5.41) is 6.07. The van der Waals surface area contributed by atoms with Crippen LogP contribution in [0, 0.1) is 11.7 Å². The Hall–Kier alpha value is -2.89. The minimum Gasteiger partial charge on any atom is -0.492 e. The molecule has 2 heterocycles. The number of hydrogen-bond acceptors (Lipinski definition) is 3. The lowest BCUT2D eigenvalue weighted by atomic mass is 9.86. The molecular weight excluding hydrogens is 321 g/mol. The van der Waals surface area contributed by atoms with Gasteiger partial charge in [-0.3, -0.25) is 0 Å². The summed E-state index contributed by atoms with van der Waals surface area (Å²) >= 11 is 0. The smallest absolute Gasteiger partial charge is 0.340 e. The lowest BCUT2D eigenvalue weighted by Crippen LogP contribution is -2.39. The summed E-state index contributed by atoms with van der Waals surface area (Å²) in [4.78, 5) is 14.2. The van der Waals surface area contributed by atoms with Crippen LogP contribution in [-0.2, 0) is 0 Å². The molecule has 4 rings (SSSR count). The number of halogens is 1. The Morgan fingerprint density at radius 3 is 2.72 bits per heavy atom. The second-order valence-corrected chi connectivity index (χ2v) is 6.42. The summed E-state index contributed by atoms with van der Waals surface area (Å²) in [5.74, 6) is 0.113. The molecule has 5 nitrogen and oxygen atoms in total. The van der Waals surface area contributed by atoms with Crippen molar-refractivity contribution in [3.8, 4) is 5.75 Å². The summed E-state index contributed by atoms with van der Waals surface area (Å²) in [5.41, 5.74) is 2.29. The van der Waals surface area contributed by atoms with E-state index in [-0.39, 0.29) is 23.8 Å². The van der Waals surface area contributed by atoms with Gasteiger partial charge >= 0.3 is 6.03 Å². The first-order valence-electron chi connectivity index (χ1n) is 8.13. The van der Waals surface area contributed by atoms with E-state index in [1.54, 1.807) is 20.2 Å². The maximum atomic E-state index is 13.8. The van der Waals surface area contributed by atoms with Crippen molar-refractivity contribution in [2.45, 2.75) is 6.04 Å². The van der Waals surface area contributed by atoms with Gasteiger partial charge in [0.25, 0.3) is 0 Å². The van der Waals surface area contributed by atoms with Gasteiger partial charge in [-0.15, -0.1) is 0 Å². The van der Waals surface area contributed by atoms with Crippen molar-refractivity contribution in [2.24, 2.45) is 11.0 Å². The molecule has 2 amide bonds. The predicted molar refractivity (Wildman–Crippen MR) is 92.0 cm³/mol. The third-order valence-corrected chi connectivity index (χ3v) is 4.57. The van der Waals surface area contributed by atoms with Crippen LogP contribution in [0.25, 0.3) is 0 Å². The first kappa shape index (κ1) is 15.6. The Kier molecular flexibility index (Phi) is 3.67. The normalized spacial score (nSPS) is 21.1. The molecule has 2 aromatic carbocycles. The van der Waals surface area contributed by atoms with Crippen molar-refractivity contribution in [1.29, 1.82) is 0 Å². The van der Waals surface area contributed by atoms with Crippen LogP contribution in [0.2, 0.25) is 0 Å². The third kappa shape index (κ3) is 2.54. The molecule has 0 bridgehead atoms. The van der Waals surface area contributed by atoms with E-state index in [4.69, 9.17) is 4.74 Å². The van der Waals surface area contributed by atoms with Crippen molar-refractivity contribution in [3.05, 3.63) is 65.5 Å². The van der Waals surface area contributed by atoms with Crippen LogP contribution < -0.4 is 4.74 Å². The van der Waals surface area contributed by atoms with Gasteiger partial charge in [0, 0.05) is 19.7 Å². The maximum Gasteiger partial charge on any atom is 0.340 e. The highest BCUT2D eigenvalue weighted by molar-refractivity contribution is 6.07. The number of nitrogens with zero attached hydrogens (tertiary/aromatic N) is 3. The number of hydrogen-bond donors (Lipinski definition) is 0. The maximum absolute atomic E-state index is 13.8. The van der Waals surface area contributed by atoms with Gasteiger partial charge in [0.15, 0.2) is 0 Å². The molecule has 0 spiro atoms. The number of rotatable bonds is 1. The molecule has 2 aliphatic rings. The highest BCUT2D eigenvalue weighted by Gasteiger charge is 2.45. The molecule has 0 saturated heterocycles. The van der Waals surface area contributed by atoms with Gasteiger partial charge < -0.3 is 9.64 Å². The molecule has 128 valence electrons. The SMILES string of the molecule is CN(C)C(=O)N1N=C2c3cc(F)ccc3OC[C@H]2[C@@H]1c1ccccc1. The summed E-state index contributed by atoms with van der Waals surface area (Å²) in [7, 11) is 3.38. The van der Waals surface area contributed by atoms with E-state index in [0.29, 0.717) is 23.6 Å². The van der Waals surface area contributed by atoms with Gasteiger partial charge in [-0.25, -0.2) is 14.2 Å². The number of hydrazone groups is 1. The van der Waals surface area contributed by atoms with Gasteiger partial charge in [0.05, 0.1) is 24.3 Å². The molecule has 0 unspecified atom stereocenters. The monoisotopic (exact) mass is 339 g/mol. The largest absolute Gasteiger partial charge is 0.492 e. The highest BCUT2D eigenvalue weighted by Crippen LogP contribution is 2.42. The number of urea groups is 1. The fraction of sp³-hybridized carbons (Fsp3) is 0.263. The zero-order chi connectivity index (χ0) is 17.6. The van der Waals surface area contributed by atoms with Gasteiger partial charge in [0.1, 0.15) is 11.6 Å². The molecule has 2 aliphatic heterocycles. The van der Waals surface area contributed by atoms with E-state index in [1.807, 2.05) is 30.3 Å². The van der Waals surface area contributed by atoms with Crippen molar-refractivity contribution in [2.75, 3.05) is 20.7 Å². The topological polar surface area (TPSA) is 45.1 Å². The van der Waals surface area contributed by atoms with Crippen molar-refractivity contribution in [1.82, 2.24) is 9.91 Å². The summed E-state index contributed by atoms with van der Waals surface area (Å²) < 4.78 is 19.6. The van der Waals surface area contributed by atoms with Crippen molar-refractivity contribution >= 4 is 11.7 Å². The van der Waals surface area contributed by atoms with Crippen molar-refractivity contribution in [3.63, 3.8) is 0 Å². The third-order valence-electron chi connectivity index (χ3n) is 4.57. The van der Waals surface area contributed by atoms with Crippen molar-refractivity contribution < 1.29 is 13.9 Å². The Labute approximate surface area is 145 Å². The van der Waals surface area contributed by atoms with Crippen LogP contribution in [0.4, 0.5) is 9.18 Å². The van der Waals surface area contributed by atoms with E-state index in [9.17, 15) is 9.18 Å². The highest BCUT2D eigenvalue weighted by atomic mass is 19.1. The summed E-state index contributed by atoms with van der Waals surface area (Å²) in [6.07, 6.45) is 0. The lowest BCUT2D eigenvalue weighted by molar-refractivity contribution is 0.140. The quantitative estimate of drug-likeness (QED) is 0.800. The first-order valence-corrected chi connectivity index (χ1v) is 8.13. The average Bonchev–Trinajstić information content (AvgIpc) is 3.01. The number of amides is 2. The zero-order valence-corrected chi connectivity index (χ0v) is 14.0. The molecule has 2 atom stereocenters. The molecule has 6 heteroatoms. The summed E-state index contributed by atoms with van der Waals surface area (Å²) in [6, 6.07) is 13.7. The Balaban J connectivity index is 1.83. The first-order chi connectivity index (χ1) is 12.1. The van der Waals surface area contributed by atoms with Crippen LogP contribution in [0.3, 0.4) is 0 Å². The standard InChI is InChI=1S/C19H18FN3O2/c1-22(2)19(24)23-18(12-6-4-3-5-7-12)15-11-25-16-9-8-13(20)10-14(16)17(15)21-23/h3-10,15,18H,11H2,1-2H3/t15-,18+/m1/s1. The van der Waals surface area contributed by atoms with Crippen LogP contribution in [-0.4, -0.2) is 42.4 Å². The number of carbonyl (C=O) groups excluding carboxylic acids is 1. The van der Waals surface area contributed by atoms with E-state index >= 15 is 0 Å². The van der Waals surface area contributed by atoms with Crippen LogP contribution in [0.5, 0.6) is 5.75 Å². The molecule has 0 fully saturated rings. The van der Waals surface area contributed by atoms with E-state index in [2.05, 4.69) is 5.10 Å². The second-order valence-electron chi connectivity index (χ2n) is 6.42. The van der Waals surface area contributed by atoms with Gasteiger partial charge in [-0.05, 0) is 23.8 Å². The average molecular weight is 339 g/mol. The number of fused-ring (bicyclic) bond motifs is 3. The van der Waals surface area contributed by atoms with Crippen LogP contribution in [0.15, 0.2) is 53.6 Å². The fourth-order valence-corrected chi connectivity index (χ4v) is 3.39. The Morgan fingerprint density at radius 1 is 1.24 bits per heavy atom. The lowest BCUT2D eigenvalue weighted by Gasteiger charge is -2.30. The molecule has 2 aromatic rings. The zero-order valence-electron chi connectivity index (χ0n) is 14.0. The Bertz CT molecular complexity index is 851. The summed E-state index contributed by atoms with van der Waals surface area (Å²) in [6.45, 7) is 0.397. The fourth-order valence-electron chi connectivity index (χ4n) is 3.39. The number of carbonyl (C=O) groups is 1. The number of benzene rings is 2. The number of ether oxygens (including phenoxy) is 1.